The first-order chi connectivity index (χ1) is 12.7. The van der Waals surface area contributed by atoms with Crippen LogP contribution in [0.5, 0.6) is 0 Å². The number of aliphatic hydroxyl groups is 4. The van der Waals surface area contributed by atoms with E-state index in [1.807, 2.05) is 0 Å². The molecule has 0 aliphatic rings. The minimum Gasteiger partial charge on any atom is -0.481 e. The van der Waals surface area contributed by atoms with Gasteiger partial charge in [-0.25, -0.2) is 9.59 Å². The molecule has 0 aromatic rings. The van der Waals surface area contributed by atoms with E-state index in [1.165, 1.54) is 0 Å². The molecule has 0 aliphatic carbocycles. The van der Waals surface area contributed by atoms with Gasteiger partial charge >= 0.3 is 29.8 Å². The summed E-state index contributed by atoms with van der Waals surface area (Å²) in [6, 6.07) is 0. The zero-order chi connectivity index (χ0) is 22.9. The molecule has 9 N–H and O–H groups in total. The number of unbranched alkanes of at least 4 members (excludes halogenated alkanes) is 1. The number of hydrogen-bond donors (Lipinski definition) is 9. The van der Waals surface area contributed by atoms with Crippen LogP contribution in [0.4, 0.5) is 0 Å². The molecule has 0 saturated heterocycles. The van der Waals surface area contributed by atoms with E-state index < -0.39 is 60.8 Å². The number of carboxylic acids is 5. The fourth-order valence-electron chi connectivity index (χ4n) is 1.19. The largest absolute Gasteiger partial charge is 0.481 e. The summed E-state index contributed by atoms with van der Waals surface area (Å²) in [5, 5.41) is 74.1. The van der Waals surface area contributed by atoms with E-state index in [9.17, 15) is 24.0 Å². The summed E-state index contributed by atoms with van der Waals surface area (Å²) in [4.78, 5) is 49.9. The van der Waals surface area contributed by atoms with Gasteiger partial charge < -0.3 is 46.0 Å². The normalized spacial score (nSPS) is 11.0. The standard InChI is InChI=1S/C6H8O7.C4H6O5.C4H10O2/c7-3(8)1-6(13,5(11)12)2-4(9)10;5-2(4(8)9)1-3(6)7;5-3-1-2-4-6/h13H,1-2H2,(H,7,8)(H,9,10)(H,11,12);2,5H,1H2,(H,6,7)(H,8,9);5-6H,1-4H2. The first-order valence-electron chi connectivity index (χ1n) is 7.47. The predicted molar refractivity (Wildman–Crippen MR) is 86.4 cm³/mol. The van der Waals surface area contributed by atoms with Gasteiger partial charge in [0.1, 0.15) is 0 Å². The highest BCUT2D eigenvalue weighted by molar-refractivity contribution is 5.88. The molecule has 0 aliphatic heterocycles. The maximum atomic E-state index is 10.3. The summed E-state index contributed by atoms with van der Waals surface area (Å²) in [7, 11) is 0. The second-order valence-electron chi connectivity index (χ2n) is 5.08. The lowest BCUT2D eigenvalue weighted by atomic mass is 9.96. The molecule has 0 saturated carbocycles. The molecule has 28 heavy (non-hydrogen) atoms. The predicted octanol–water partition coefficient (Wildman–Crippen LogP) is -2.59. The van der Waals surface area contributed by atoms with Crippen LogP contribution in [-0.4, -0.2) is 101 Å². The number of aliphatic hydroxyl groups excluding tert-OH is 3. The van der Waals surface area contributed by atoms with Crippen molar-refractivity contribution in [3.8, 4) is 0 Å². The van der Waals surface area contributed by atoms with Crippen molar-refractivity contribution in [3.05, 3.63) is 0 Å². The van der Waals surface area contributed by atoms with Gasteiger partial charge in [0.15, 0.2) is 11.7 Å². The first kappa shape index (κ1) is 29.9. The van der Waals surface area contributed by atoms with Crippen molar-refractivity contribution < 1.29 is 69.9 Å². The average molecular weight is 416 g/mol. The molecule has 14 heteroatoms. The van der Waals surface area contributed by atoms with Crippen LogP contribution < -0.4 is 0 Å². The van der Waals surface area contributed by atoms with Gasteiger partial charge in [-0.05, 0) is 12.8 Å². The average Bonchev–Trinajstić information content (AvgIpc) is 2.51. The molecule has 0 rings (SSSR count). The van der Waals surface area contributed by atoms with Crippen LogP contribution in [0.15, 0.2) is 0 Å². The Hall–Kier alpha value is -2.81. The highest BCUT2D eigenvalue weighted by Crippen LogP contribution is 2.15. The maximum Gasteiger partial charge on any atom is 0.336 e. The molecule has 164 valence electrons. The molecule has 0 heterocycles. The first-order valence-corrected chi connectivity index (χ1v) is 7.47. The van der Waals surface area contributed by atoms with Crippen LogP contribution in [0.25, 0.3) is 0 Å². The molecule has 1 atom stereocenters. The number of aliphatic carboxylic acids is 5. The Morgan fingerprint density at radius 3 is 1.21 bits per heavy atom. The Morgan fingerprint density at radius 2 is 1.07 bits per heavy atom. The Balaban J connectivity index is -0.000000362. The van der Waals surface area contributed by atoms with Crippen LogP contribution in [0, 0.1) is 0 Å². The highest BCUT2D eigenvalue weighted by atomic mass is 16.4. The van der Waals surface area contributed by atoms with E-state index in [2.05, 4.69) is 0 Å². The van der Waals surface area contributed by atoms with Gasteiger partial charge in [-0.3, -0.25) is 14.4 Å². The molecular formula is C14H24O14. The van der Waals surface area contributed by atoms with Crippen molar-refractivity contribution in [1.82, 2.24) is 0 Å². The van der Waals surface area contributed by atoms with Crippen LogP contribution in [0.3, 0.4) is 0 Å². The van der Waals surface area contributed by atoms with Gasteiger partial charge in [0.25, 0.3) is 0 Å². The van der Waals surface area contributed by atoms with E-state index >= 15 is 0 Å². The molecule has 0 fully saturated rings. The van der Waals surface area contributed by atoms with Gasteiger partial charge in [0.05, 0.1) is 19.3 Å². The van der Waals surface area contributed by atoms with Crippen LogP contribution >= 0.6 is 0 Å². The van der Waals surface area contributed by atoms with Crippen molar-refractivity contribution in [2.24, 2.45) is 0 Å². The van der Waals surface area contributed by atoms with Crippen molar-refractivity contribution in [2.75, 3.05) is 13.2 Å². The number of rotatable bonds is 11. The molecule has 0 bridgehead atoms. The molecule has 14 nitrogen and oxygen atoms in total. The van der Waals surface area contributed by atoms with Gasteiger partial charge in [0, 0.05) is 13.2 Å². The third-order valence-electron chi connectivity index (χ3n) is 2.50. The lowest BCUT2D eigenvalue weighted by Gasteiger charge is -2.18. The maximum absolute atomic E-state index is 10.3. The highest BCUT2D eigenvalue weighted by Gasteiger charge is 2.40. The topological polar surface area (TPSA) is 267 Å². The van der Waals surface area contributed by atoms with Crippen molar-refractivity contribution in [2.45, 2.75) is 43.8 Å². The monoisotopic (exact) mass is 416 g/mol. The zero-order valence-corrected chi connectivity index (χ0v) is 14.6. The van der Waals surface area contributed by atoms with E-state index in [4.69, 9.17) is 46.0 Å². The van der Waals surface area contributed by atoms with Gasteiger partial charge in [0.2, 0.25) is 0 Å². The number of carbonyl (C=O) groups is 5. The molecule has 0 spiro atoms. The van der Waals surface area contributed by atoms with E-state index in [-0.39, 0.29) is 13.2 Å². The summed E-state index contributed by atoms with van der Waals surface area (Å²) in [5.74, 6) is -7.86. The fourth-order valence-corrected chi connectivity index (χ4v) is 1.19. The van der Waals surface area contributed by atoms with Crippen LogP contribution in [0.1, 0.15) is 32.1 Å². The van der Waals surface area contributed by atoms with Gasteiger partial charge in [-0.15, -0.1) is 0 Å². The number of carboxylic acid groups (broad SMARTS) is 5. The summed E-state index contributed by atoms with van der Waals surface area (Å²) >= 11 is 0. The van der Waals surface area contributed by atoms with Crippen molar-refractivity contribution in [1.29, 1.82) is 0 Å². The summed E-state index contributed by atoms with van der Waals surface area (Å²) in [6.45, 7) is 0.390. The smallest absolute Gasteiger partial charge is 0.336 e. The Morgan fingerprint density at radius 1 is 0.714 bits per heavy atom. The quantitative estimate of drug-likeness (QED) is 0.156. The Bertz CT molecular complexity index is 494. The van der Waals surface area contributed by atoms with Crippen molar-refractivity contribution in [3.63, 3.8) is 0 Å². The fraction of sp³-hybridized carbons (Fsp3) is 0.643. The van der Waals surface area contributed by atoms with Crippen LogP contribution in [0.2, 0.25) is 0 Å². The Labute approximate surface area is 157 Å². The summed E-state index contributed by atoms with van der Waals surface area (Å²) in [6.07, 6.45) is -3.39. The second kappa shape index (κ2) is 16.4. The van der Waals surface area contributed by atoms with Gasteiger partial charge in [-0.1, -0.05) is 0 Å². The minimum absolute atomic E-state index is 0.195. The van der Waals surface area contributed by atoms with Crippen LogP contribution in [-0.2, 0) is 24.0 Å². The molecule has 0 aromatic carbocycles. The lowest BCUT2D eigenvalue weighted by molar-refractivity contribution is -0.170. The zero-order valence-electron chi connectivity index (χ0n) is 14.6. The third-order valence-corrected chi connectivity index (χ3v) is 2.50. The molecule has 1 unspecified atom stereocenters. The second-order valence-corrected chi connectivity index (χ2v) is 5.08. The van der Waals surface area contributed by atoms with Gasteiger partial charge in [-0.2, -0.15) is 0 Å². The van der Waals surface area contributed by atoms with E-state index in [0.717, 1.165) is 12.8 Å². The van der Waals surface area contributed by atoms with E-state index in [0.29, 0.717) is 0 Å². The van der Waals surface area contributed by atoms with E-state index in [1.54, 1.807) is 0 Å². The molecular weight excluding hydrogens is 392 g/mol. The summed E-state index contributed by atoms with van der Waals surface area (Å²) in [5.41, 5.74) is -2.74. The van der Waals surface area contributed by atoms with Crippen molar-refractivity contribution >= 4 is 29.8 Å². The lowest BCUT2D eigenvalue weighted by Crippen LogP contribution is -2.42. The Kier molecular flexibility index (Phi) is 17.5. The molecule has 0 radical (unpaired) electrons. The third kappa shape index (κ3) is 19.5. The minimum atomic E-state index is -2.74. The molecule has 0 aromatic heterocycles. The SMILES string of the molecule is O=C(O)CC(O)(CC(=O)O)C(=O)O.O=C(O)CC(O)C(=O)O.OCCCCO. The number of hydrogen-bond acceptors (Lipinski definition) is 9. The summed E-state index contributed by atoms with van der Waals surface area (Å²) < 4.78 is 0. The molecule has 0 amide bonds.